The molecule has 3 N–H and O–H groups in total. The van der Waals surface area contributed by atoms with Crippen LogP contribution in [0.1, 0.15) is 5.56 Å². The average Bonchev–Trinajstić information content (AvgIpc) is 2.34. The van der Waals surface area contributed by atoms with Crippen LogP contribution >= 0.6 is 0 Å². The van der Waals surface area contributed by atoms with Crippen LogP contribution in [0.3, 0.4) is 0 Å². The third-order valence-electron chi connectivity index (χ3n) is 3.21. The first kappa shape index (κ1) is 11.9. The number of nitrogens with two attached hydrogens (primary N) is 1. The first-order valence-corrected chi connectivity index (χ1v) is 5.70. The highest BCUT2D eigenvalue weighted by Gasteiger charge is 2.36. The molecule has 0 fully saturated rings. The minimum absolute atomic E-state index is 0.483. The second kappa shape index (κ2) is 4.72. The Morgan fingerprint density at radius 3 is 2.65 bits per heavy atom. The molecule has 0 bridgehead atoms. The zero-order valence-electron chi connectivity index (χ0n) is 9.86. The summed E-state index contributed by atoms with van der Waals surface area (Å²) in [7, 11) is 1.77. The van der Waals surface area contributed by atoms with E-state index < -0.39 is 11.7 Å². The number of allylic oxidation sites excluding steroid dienone is 1. The monoisotopic (exact) mass is 232 g/mol. The summed E-state index contributed by atoms with van der Waals surface area (Å²) in [5, 5.41) is 3.07. The van der Waals surface area contributed by atoms with E-state index in [0.29, 0.717) is 12.1 Å². The first-order valence-electron chi connectivity index (χ1n) is 5.70. The Hall–Kier alpha value is -1.61. The van der Waals surface area contributed by atoms with Gasteiger partial charge in [0.05, 0.1) is 5.54 Å². The van der Waals surface area contributed by atoms with Gasteiger partial charge < -0.3 is 11.1 Å². The predicted molar refractivity (Wildman–Crippen MR) is 68.2 cm³/mol. The third kappa shape index (κ3) is 2.39. The Morgan fingerprint density at radius 1 is 1.35 bits per heavy atom. The van der Waals surface area contributed by atoms with E-state index >= 15 is 0 Å². The van der Waals surface area contributed by atoms with Crippen LogP contribution in [0.25, 0.3) is 0 Å². The summed E-state index contributed by atoms with van der Waals surface area (Å²) in [4.78, 5) is 0. The Morgan fingerprint density at radius 2 is 2.06 bits per heavy atom. The third-order valence-corrected chi connectivity index (χ3v) is 3.21. The number of rotatable bonds is 3. The van der Waals surface area contributed by atoms with Crippen LogP contribution in [-0.4, -0.2) is 18.8 Å². The van der Waals surface area contributed by atoms with E-state index in [2.05, 4.69) is 5.32 Å². The van der Waals surface area contributed by atoms with Crippen LogP contribution in [-0.2, 0) is 6.42 Å². The van der Waals surface area contributed by atoms with Gasteiger partial charge in [0.15, 0.2) is 0 Å². The van der Waals surface area contributed by atoms with Crippen LogP contribution in [0, 0.1) is 0 Å². The molecule has 0 heterocycles. The molecule has 0 spiro atoms. The van der Waals surface area contributed by atoms with Gasteiger partial charge in [-0.25, -0.2) is 4.39 Å². The second-order valence-corrected chi connectivity index (χ2v) is 4.35. The van der Waals surface area contributed by atoms with Crippen LogP contribution in [0.5, 0.6) is 0 Å². The normalized spacial score (nSPS) is 27.9. The molecule has 0 radical (unpaired) electrons. The van der Waals surface area contributed by atoms with Gasteiger partial charge in [0.25, 0.3) is 0 Å². The summed E-state index contributed by atoms with van der Waals surface area (Å²) in [6.45, 7) is 0. The van der Waals surface area contributed by atoms with Crippen molar-refractivity contribution in [3.05, 3.63) is 59.8 Å². The molecule has 0 amide bonds. The van der Waals surface area contributed by atoms with Crippen molar-refractivity contribution in [2.24, 2.45) is 5.73 Å². The lowest BCUT2D eigenvalue weighted by Crippen LogP contribution is -2.52. The number of likely N-dealkylation sites (N-methyl/N-ethyl adjacent to an activating group) is 1. The number of hydrogen-bond donors (Lipinski definition) is 2. The van der Waals surface area contributed by atoms with E-state index in [1.807, 2.05) is 36.4 Å². The maximum Gasteiger partial charge on any atom is 0.142 e. The van der Waals surface area contributed by atoms with Gasteiger partial charge in [-0.1, -0.05) is 36.4 Å². The van der Waals surface area contributed by atoms with E-state index in [1.54, 1.807) is 13.1 Å². The summed E-state index contributed by atoms with van der Waals surface area (Å²) in [5.41, 5.74) is 6.49. The largest absolute Gasteiger partial charge is 0.399 e. The molecule has 17 heavy (non-hydrogen) atoms. The Bertz CT molecular complexity index is 439. The van der Waals surface area contributed by atoms with Crippen molar-refractivity contribution in [1.82, 2.24) is 5.32 Å². The molecule has 2 atom stereocenters. The van der Waals surface area contributed by atoms with Crippen molar-refractivity contribution in [1.29, 1.82) is 0 Å². The topological polar surface area (TPSA) is 38.0 Å². The minimum atomic E-state index is -1.11. The van der Waals surface area contributed by atoms with Crippen molar-refractivity contribution < 1.29 is 4.39 Å². The number of halogens is 1. The second-order valence-electron chi connectivity index (χ2n) is 4.35. The SMILES string of the molecule is CNC1(Cc2ccccc2)C=CC(N)=CC1F. The first-order chi connectivity index (χ1) is 8.16. The van der Waals surface area contributed by atoms with Gasteiger partial charge in [-0.3, -0.25) is 0 Å². The van der Waals surface area contributed by atoms with Gasteiger partial charge in [-0.05, 0) is 31.2 Å². The lowest BCUT2D eigenvalue weighted by atomic mass is 9.83. The average molecular weight is 232 g/mol. The van der Waals surface area contributed by atoms with Crippen LogP contribution < -0.4 is 11.1 Å². The van der Waals surface area contributed by atoms with Crippen molar-refractivity contribution in [2.45, 2.75) is 18.1 Å². The highest BCUT2D eigenvalue weighted by Crippen LogP contribution is 2.26. The summed E-state index contributed by atoms with van der Waals surface area (Å²) in [6.07, 6.45) is 4.53. The van der Waals surface area contributed by atoms with Gasteiger partial charge in [0.1, 0.15) is 6.17 Å². The molecule has 2 nitrogen and oxygen atoms in total. The van der Waals surface area contributed by atoms with Gasteiger partial charge >= 0.3 is 0 Å². The molecule has 90 valence electrons. The maximum absolute atomic E-state index is 14.2. The zero-order chi connectivity index (χ0) is 12.3. The lowest BCUT2D eigenvalue weighted by molar-refractivity contribution is 0.238. The van der Waals surface area contributed by atoms with E-state index in [9.17, 15) is 4.39 Å². The molecule has 1 aromatic rings. The molecule has 0 aliphatic heterocycles. The smallest absolute Gasteiger partial charge is 0.142 e. The van der Waals surface area contributed by atoms with Crippen LogP contribution in [0.2, 0.25) is 0 Å². The maximum atomic E-state index is 14.2. The highest BCUT2D eigenvalue weighted by molar-refractivity contribution is 5.34. The Labute approximate surface area is 101 Å². The Balaban J connectivity index is 2.25. The standard InChI is InChI=1S/C14H17FN2/c1-17-14(8-7-12(16)9-13(14)15)10-11-5-3-2-4-6-11/h2-9,13,17H,10,16H2,1H3. The van der Waals surface area contributed by atoms with Crippen molar-refractivity contribution in [3.8, 4) is 0 Å². The highest BCUT2D eigenvalue weighted by atomic mass is 19.1. The van der Waals surface area contributed by atoms with E-state index in [-0.39, 0.29) is 0 Å². The molecule has 1 aliphatic carbocycles. The fourth-order valence-corrected chi connectivity index (χ4v) is 2.11. The summed E-state index contributed by atoms with van der Waals surface area (Å²) in [6, 6.07) is 9.88. The summed E-state index contributed by atoms with van der Waals surface area (Å²) >= 11 is 0. The molecule has 3 heteroatoms. The molecule has 0 saturated heterocycles. The number of hydrogen-bond acceptors (Lipinski definition) is 2. The minimum Gasteiger partial charge on any atom is -0.399 e. The van der Waals surface area contributed by atoms with Crippen molar-refractivity contribution in [2.75, 3.05) is 7.05 Å². The van der Waals surface area contributed by atoms with E-state index in [1.165, 1.54) is 6.08 Å². The fourth-order valence-electron chi connectivity index (χ4n) is 2.11. The van der Waals surface area contributed by atoms with Gasteiger partial charge in [0.2, 0.25) is 0 Å². The Kier molecular flexibility index (Phi) is 3.29. The molecule has 2 unspecified atom stereocenters. The summed E-state index contributed by atoms with van der Waals surface area (Å²) in [5.74, 6) is 0. The molecule has 2 rings (SSSR count). The lowest BCUT2D eigenvalue weighted by Gasteiger charge is -2.35. The van der Waals surface area contributed by atoms with Crippen molar-refractivity contribution >= 4 is 0 Å². The number of alkyl halides is 1. The number of nitrogens with one attached hydrogen (secondary N) is 1. The van der Waals surface area contributed by atoms with Gasteiger partial charge in [-0.2, -0.15) is 0 Å². The van der Waals surface area contributed by atoms with Crippen molar-refractivity contribution in [3.63, 3.8) is 0 Å². The van der Waals surface area contributed by atoms with E-state index in [0.717, 1.165) is 5.56 Å². The molecular weight excluding hydrogens is 215 g/mol. The molecule has 0 saturated carbocycles. The summed E-state index contributed by atoms with van der Waals surface area (Å²) < 4.78 is 14.2. The quantitative estimate of drug-likeness (QED) is 0.835. The fraction of sp³-hybridized carbons (Fsp3) is 0.286. The molecular formula is C14H17FN2. The number of benzene rings is 1. The van der Waals surface area contributed by atoms with Crippen LogP contribution in [0.15, 0.2) is 54.3 Å². The molecule has 1 aromatic carbocycles. The van der Waals surface area contributed by atoms with Crippen LogP contribution in [0.4, 0.5) is 4.39 Å². The molecule has 1 aliphatic rings. The zero-order valence-corrected chi connectivity index (χ0v) is 9.86. The van der Waals surface area contributed by atoms with Gasteiger partial charge in [0, 0.05) is 5.70 Å². The van der Waals surface area contributed by atoms with E-state index in [4.69, 9.17) is 5.73 Å². The molecule has 0 aromatic heterocycles. The predicted octanol–water partition coefficient (Wildman–Crippen LogP) is 1.94. The van der Waals surface area contributed by atoms with Gasteiger partial charge in [-0.15, -0.1) is 0 Å².